The van der Waals surface area contributed by atoms with E-state index >= 15 is 0 Å². The molecule has 0 radical (unpaired) electrons. The van der Waals surface area contributed by atoms with E-state index < -0.39 is 24.3 Å². The number of aliphatic hydroxyl groups excluding tert-OH is 2. The molecule has 0 saturated heterocycles. The van der Waals surface area contributed by atoms with Crippen molar-refractivity contribution in [3.63, 3.8) is 0 Å². The third-order valence-corrected chi connectivity index (χ3v) is 12.5. The predicted octanol–water partition coefficient (Wildman–Crippen LogP) is 14.4. The summed E-state index contributed by atoms with van der Waals surface area (Å²) < 4.78 is 27.1. The van der Waals surface area contributed by atoms with Crippen LogP contribution in [0.25, 0.3) is 0 Å². The molecule has 0 aliphatic carbocycles. The molecular formula is C55H106O10. The Morgan fingerprint density at radius 1 is 0.369 bits per heavy atom. The molecule has 10 heteroatoms. The van der Waals surface area contributed by atoms with Crippen LogP contribution in [0.2, 0.25) is 0 Å². The first-order chi connectivity index (χ1) is 31.8. The van der Waals surface area contributed by atoms with Crippen LogP contribution in [0.3, 0.4) is 0 Å². The summed E-state index contributed by atoms with van der Waals surface area (Å²) in [5.74, 6) is -1.20. The lowest BCUT2D eigenvalue weighted by molar-refractivity contribution is -0.163. The first kappa shape index (κ1) is 63.2. The molecule has 0 aliphatic rings. The molecule has 3 atom stereocenters. The van der Waals surface area contributed by atoms with Gasteiger partial charge in [-0.1, -0.05) is 245 Å². The van der Waals surface area contributed by atoms with Gasteiger partial charge in [0.2, 0.25) is 0 Å². The second-order valence-corrected chi connectivity index (χ2v) is 19.2. The maximum absolute atomic E-state index is 12.5. The van der Waals surface area contributed by atoms with Crippen LogP contribution in [0.15, 0.2) is 0 Å². The van der Waals surface area contributed by atoms with Crippen LogP contribution < -0.4 is 0 Å². The molecule has 0 heterocycles. The highest BCUT2D eigenvalue weighted by Crippen LogP contribution is 2.17. The molecule has 0 aromatic carbocycles. The van der Waals surface area contributed by atoms with Gasteiger partial charge in [-0.3, -0.25) is 14.4 Å². The van der Waals surface area contributed by atoms with Gasteiger partial charge in [-0.25, -0.2) is 0 Å². The number of hydrogen-bond donors (Lipinski definition) is 2. The number of carbonyl (C=O) groups is 3. The molecule has 0 aromatic rings. The van der Waals surface area contributed by atoms with Crippen molar-refractivity contribution in [3.8, 4) is 0 Å². The Labute approximate surface area is 400 Å². The number of unbranched alkanes of at least 4 members (excludes halogenated alkanes) is 36. The largest absolute Gasteiger partial charge is 0.462 e. The highest BCUT2D eigenvalue weighted by atomic mass is 16.6. The van der Waals surface area contributed by atoms with E-state index in [1.54, 1.807) is 0 Å². The number of carbonyl (C=O) groups excluding carboxylic acids is 3. The smallest absolute Gasteiger partial charge is 0.306 e. The van der Waals surface area contributed by atoms with E-state index in [1.807, 2.05) is 0 Å². The lowest BCUT2D eigenvalue weighted by Crippen LogP contribution is -2.33. The maximum atomic E-state index is 12.5. The van der Waals surface area contributed by atoms with E-state index in [0.717, 1.165) is 38.5 Å². The first-order valence-corrected chi connectivity index (χ1v) is 27.8. The van der Waals surface area contributed by atoms with Crippen LogP contribution in [-0.4, -0.2) is 86.1 Å². The molecule has 10 nitrogen and oxygen atoms in total. The normalized spacial score (nSPS) is 12.9. The number of rotatable bonds is 53. The standard InChI is InChI=1S/C55H106O10/c1-4-6-8-10-12-14-16-18-20-22-24-26-28-30-32-34-36-38-40-42-54(59)64-52(44-56)47-61-45-51(58)46-62-48-53(49-63-50(3)57)65-55(60)43-41-39-37-35-33-31-29-27-25-23-21-19-17-15-13-11-9-7-5-2/h51-53,56,58H,4-49H2,1-3H3. The number of esters is 3. The van der Waals surface area contributed by atoms with Gasteiger partial charge in [0, 0.05) is 19.8 Å². The van der Waals surface area contributed by atoms with Gasteiger partial charge in [0.1, 0.15) is 18.8 Å². The van der Waals surface area contributed by atoms with Gasteiger partial charge < -0.3 is 33.9 Å². The lowest BCUT2D eigenvalue weighted by atomic mass is 10.0. The van der Waals surface area contributed by atoms with Gasteiger partial charge in [-0.2, -0.15) is 0 Å². The van der Waals surface area contributed by atoms with Crippen molar-refractivity contribution in [1.82, 2.24) is 0 Å². The summed E-state index contributed by atoms with van der Waals surface area (Å²) in [5, 5.41) is 20.1. The topological polar surface area (TPSA) is 138 Å². The molecule has 65 heavy (non-hydrogen) atoms. The van der Waals surface area contributed by atoms with Crippen LogP contribution in [0.5, 0.6) is 0 Å². The van der Waals surface area contributed by atoms with Gasteiger partial charge in [0.15, 0.2) is 6.10 Å². The average molecular weight is 927 g/mol. The number of hydrogen-bond acceptors (Lipinski definition) is 10. The molecule has 386 valence electrons. The second kappa shape index (κ2) is 51.6. The molecule has 3 unspecified atom stereocenters. The zero-order valence-corrected chi connectivity index (χ0v) is 42.9. The average Bonchev–Trinajstić information content (AvgIpc) is 3.29. The summed E-state index contributed by atoms with van der Waals surface area (Å²) in [7, 11) is 0. The van der Waals surface area contributed by atoms with Crippen molar-refractivity contribution in [3.05, 3.63) is 0 Å². The van der Waals surface area contributed by atoms with Crippen LogP contribution in [-0.2, 0) is 38.1 Å². The Morgan fingerprint density at radius 3 is 0.908 bits per heavy atom. The highest BCUT2D eigenvalue weighted by molar-refractivity contribution is 5.70. The number of ether oxygens (including phenoxy) is 5. The Kier molecular flexibility index (Phi) is 50.2. The van der Waals surface area contributed by atoms with E-state index in [-0.39, 0.29) is 51.6 Å². The van der Waals surface area contributed by atoms with Gasteiger partial charge in [-0.15, -0.1) is 0 Å². The lowest BCUT2D eigenvalue weighted by Gasteiger charge is -2.20. The Bertz CT molecular complexity index is 1010. The number of aliphatic hydroxyl groups is 2. The van der Waals surface area contributed by atoms with Gasteiger partial charge in [0.25, 0.3) is 0 Å². The van der Waals surface area contributed by atoms with Crippen LogP contribution in [0.1, 0.15) is 278 Å². The van der Waals surface area contributed by atoms with Crippen molar-refractivity contribution in [1.29, 1.82) is 0 Å². The maximum Gasteiger partial charge on any atom is 0.306 e. The van der Waals surface area contributed by atoms with Gasteiger partial charge >= 0.3 is 17.9 Å². The molecule has 0 amide bonds. The SMILES string of the molecule is CCCCCCCCCCCCCCCCCCCCCC(=O)OC(CO)COCC(O)COCC(COC(C)=O)OC(=O)CCCCCCCCCCCCCCCCCCCCC. The minimum Gasteiger partial charge on any atom is -0.462 e. The van der Waals surface area contributed by atoms with Crippen LogP contribution in [0.4, 0.5) is 0 Å². The molecule has 0 fully saturated rings. The monoisotopic (exact) mass is 927 g/mol. The van der Waals surface area contributed by atoms with Crippen molar-refractivity contribution < 1.29 is 48.3 Å². The fourth-order valence-corrected chi connectivity index (χ4v) is 8.35. The van der Waals surface area contributed by atoms with Crippen molar-refractivity contribution in [2.75, 3.05) is 39.6 Å². The molecule has 0 aromatic heterocycles. The van der Waals surface area contributed by atoms with Crippen molar-refractivity contribution in [2.24, 2.45) is 0 Å². The molecule has 0 spiro atoms. The van der Waals surface area contributed by atoms with Crippen molar-refractivity contribution in [2.45, 2.75) is 296 Å². The first-order valence-electron chi connectivity index (χ1n) is 27.8. The Morgan fingerprint density at radius 2 is 0.631 bits per heavy atom. The summed E-state index contributed by atoms with van der Waals surface area (Å²) in [5.41, 5.74) is 0. The predicted molar refractivity (Wildman–Crippen MR) is 267 cm³/mol. The zero-order chi connectivity index (χ0) is 47.5. The van der Waals surface area contributed by atoms with Crippen LogP contribution in [0, 0.1) is 0 Å². The van der Waals surface area contributed by atoms with E-state index in [1.165, 1.54) is 212 Å². The van der Waals surface area contributed by atoms with E-state index in [2.05, 4.69) is 13.8 Å². The third-order valence-electron chi connectivity index (χ3n) is 12.5. The second-order valence-electron chi connectivity index (χ2n) is 19.2. The van der Waals surface area contributed by atoms with E-state index in [0.29, 0.717) is 12.8 Å². The van der Waals surface area contributed by atoms with Gasteiger partial charge in [-0.05, 0) is 12.8 Å². The molecule has 0 bridgehead atoms. The summed E-state index contributed by atoms with van der Waals surface area (Å²) >= 11 is 0. The quantitative estimate of drug-likeness (QED) is 0.0344. The van der Waals surface area contributed by atoms with Crippen molar-refractivity contribution >= 4 is 17.9 Å². The van der Waals surface area contributed by atoms with E-state index in [4.69, 9.17) is 23.7 Å². The molecule has 0 saturated carbocycles. The molecular weight excluding hydrogens is 821 g/mol. The minimum absolute atomic E-state index is 0.0500. The highest BCUT2D eigenvalue weighted by Gasteiger charge is 2.19. The molecule has 2 N–H and O–H groups in total. The minimum atomic E-state index is -0.996. The Balaban J connectivity index is 3.87. The summed E-state index contributed by atoms with van der Waals surface area (Å²) in [4.78, 5) is 36.3. The van der Waals surface area contributed by atoms with E-state index in [9.17, 15) is 24.6 Å². The summed E-state index contributed by atoms with van der Waals surface area (Å²) in [6.45, 7) is 5.04. The zero-order valence-electron chi connectivity index (χ0n) is 42.9. The summed E-state index contributed by atoms with van der Waals surface area (Å²) in [6.07, 6.45) is 47.2. The van der Waals surface area contributed by atoms with Crippen LogP contribution >= 0.6 is 0 Å². The Hall–Kier alpha value is -1.75. The fourth-order valence-electron chi connectivity index (χ4n) is 8.35. The molecule has 0 rings (SSSR count). The third kappa shape index (κ3) is 50.0. The fraction of sp³-hybridized carbons (Fsp3) is 0.945. The molecule has 0 aliphatic heterocycles. The van der Waals surface area contributed by atoms with Gasteiger partial charge in [0.05, 0.1) is 33.0 Å². The summed E-state index contributed by atoms with van der Waals surface area (Å²) in [6, 6.07) is 0.